The average Bonchev–Trinajstić information content (AvgIpc) is 3.75. The SMILES string of the molecule is C[C@@H]1CN(c2nc(C3CC3)c(-c3cccc4[nH]c(=O)ccc34)cc2C#N)CCN1C(=O)C1CC1. The minimum absolute atomic E-state index is 0.0918. The number of nitrogens with zero attached hydrogens (tertiary/aromatic N) is 4. The van der Waals surface area contributed by atoms with E-state index in [-0.39, 0.29) is 23.4 Å². The maximum Gasteiger partial charge on any atom is 0.248 e. The van der Waals surface area contributed by atoms with Gasteiger partial charge in [0.1, 0.15) is 11.9 Å². The fraction of sp³-hybridized carbons (Fsp3) is 0.407. The molecule has 1 saturated heterocycles. The summed E-state index contributed by atoms with van der Waals surface area (Å²) in [6.07, 6.45) is 4.21. The Kier molecular flexibility index (Phi) is 4.91. The lowest BCUT2D eigenvalue weighted by Gasteiger charge is -2.41. The molecule has 0 spiro atoms. The molecule has 1 atom stereocenters. The van der Waals surface area contributed by atoms with Gasteiger partial charge in [0.25, 0.3) is 0 Å². The summed E-state index contributed by atoms with van der Waals surface area (Å²) in [5, 5.41) is 11.0. The van der Waals surface area contributed by atoms with Crippen LogP contribution < -0.4 is 10.5 Å². The maximum atomic E-state index is 12.6. The van der Waals surface area contributed by atoms with E-state index in [4.69, 9.17) is 4.98 Å². The third kappa shape index (κ3) is 3.63. The lowest BCUT2D eigenvalue weighted by Crippen LogP contribution is -2.54. The Balaban J connectivity index is 1.40. The lowest BCUT2D eigenvalue weighted by molar-refractivity contribution is -0.134. The van der Waals surface area contributed by atoms with Crippen molar-refractivity contribution in [2.24, 2.45) is 5.92 Å². The van der Waals surface area contributed by atoms with Gasteiger partial charge in [-0.25, -0.2) is 4.98 Å². The van der Waals surface area contributed by atoms with Crippen molar-refractivity contribution in [3.63, 3.8) is 0 Å². The number of piperazine rings is 1. The first-order valence-electron chi connectivity index (χ1n) is 12.2. The highest BCUT2D eigenvalue weighted by Crippen LogP contribution is 2.46. The molecule has 172 valence electrons. The molecular weight excluding hydrogens is 426 g/mol. The molecule has 1 aliphatic heterocycles. The third-order valence-corrected chi connectivity index (χ3v) is 7.31. The highest BCUT2D eigenvalue weighted by atomic mass is 16.2. The number of aromatic nitrogens is 2. The molecule has 1 N–H and O–H groups in total. The van der Waals surface area contributed by atoms with Gasteiger partial charge >= 0.3 is 0 Å². The number of amides is 1. The van der Waals surface area contributed by atoms with E-state index in [0.29, 0.717) is 31.1 Å². The highest BCUT2D eigenvalue weighted by Gasteiger charge is 2.38. The van der Waals surface area contributed by atoms with Crippen LogP contribution in [0, 0.1) is 17.2 Å². The number of carbonyl (C=O) groups is 1. The van der Waals surface area contributed by atoms with Gasteiger partial charge in [-0.05, 0) is 56.4 Å². The monoisotopic (exact) mass is 453 g/mol. The second-order valence-electron chi connectivity index (χ2n) is 9.87. The number of rotatable bonds is 4. The molecule has 7 nitrogen and oxygen atoms in total. The number of nitriles is 1. The fourth-order valence-electron chi connectivity index (χ4n) is 5.19. The first-order valence-corrected chi connectivity index (χ1v) is 12.2. The van der Waals surface area contributed by atoms with E-state index in [1.54, 1.807) is 6.07 Å². The summed E-state index contributed by atoms with van der Waals surface area (Å²) >= 11 is 0. The van der Waals surface area contributed by atoms with Crippen molar-refractivity contribution in [2.45, 2.75) is 44.6 Å². The summed E-state index contributed by atoms with van der Waals surface area (Å²) in [7, 11) is 0. The molecule has 1 amide bonds. The number of nitrogens with one attached hydrogen (secondary N) is 1. The first-order chi connectivity index (χ1) is 16.5. The summed E-state index contributed by atoms with van der Waals surface area (Å²) in [5.41, 5.74) is 4.17. The van der Waals surface area contributed by atoms with Gasteiger partial charge in [-0.15, -0.1) is 0 Å². The van der Waals surface area contributed by atoms with Crippen molar-refractivity contribution >= 4 is 22.6 Å². The molecule has 2 aromatic heterocycles. The molecule has 2 saturated carbocycles. The Morgan fingerprint density at radius 2 is 1.94 bits per heavy atom. The van der Waals surface area contributed by atoms with Gasteiger partial charge in [0.2, 0.25) is 11.5 Å². The van der Waals surface area contributed by atoms with Crippen LogP contribution in [0.2, 0.25) is 0 Å². The molecule has 2 aliphatic carbocycles. The number of H-pyrrole nitrogens is 1. The molecule has 0 bridgehead atoms. The van der Waals surface area contributed by atoms with Gasteiger partial charge in [0, 0.05) is 60.0 Å². The molecule has 3 aliphatic rings. The molecule has 3 fully saturated rings. The quantitative estimate of drug-likeness (QED) is 0.649. The third-order valence-electron chi connectivity index (χ3n) is 7.31. The number of aromatic amines is 1. The van der Waals surface area contributed by atoms with Crippen LogP contribution in [-0.2, 0) is 4.79 Å². The molecule has 3 aromatic rings. The number of hydrogen-bond donors (Lipinski definition) is 1. The molecule has 1 aromatic carbocycles. The standard InChI is InChI=1S/C27H27N5O2/c1-16-15-31(11-12-32(16)27(34)18-7-8-18)26-19(14-28)13-22(25(30-26)17-5-6-17)20-3-2-4-23-21(20)9-10-24(33)29-23/h2-4,9-10,13,16-18H,5-8,11-12,15H2,1H3,(H,29,33)/t16-/m1/s1. The Labute approximate surface area is 198 Å². The molecule has 3 heterocycles. The van der Waals surface area contributed by atoms with Gasteiger partial charge in [-0.1, -0.05) is 12.1 Å². The molecular formula is C27H27N5O2. The minimum Gasteiger partial charge on any atom is -0.352 e. The van der Waals surface area contributed by atoms with Crippen LogP contribution in [0.25, 0.3) is 22.0 Å². The van der Waals surface area contributed by atoms with Gasteiger partial charge in [0.15, 0.2) is 0 Å². The zero-order valence-corrected chi connectivity index (χ0v) is 19.3. The van der Waals surface area contributed by atoms with E-state index in [1.807, 2.05) is 35.2 Å². The highest BCUT2D eigenvalue weighted by molar-refractivity contribution is 5.95. The normalized spacial score (nSPS) is 20.4. The minimum atomic E-state index is -0.133. The van der Waals surface area contributed by atoms with E-state index >= 15 is 0 Å². The summed E-state index contributed by atoms with van der Waals surface area (Å²) < 4.78 is 0. The molecule has 0 unspecified atom stereocenters. The van der Waals surface area contributed by atoms with Crippen LogP contribution in [0.5, 0.6) is 0 Å². The van der Waals surface area contributed by atoms with Crippen molar-refractivity contribution in [1.82, 2.24) is 14.9 Å². The van der Waals surface area contributed by atoms with Crippen molar-refractivity contribution in [3.05, 3.63) is 58.0 Å². The summed E-state index contributed by atoms with van der Waals surface area (Å²) in [4.78, 5) is 36.7. The Bertz CT molecular complexity index is 1400. The van der Waals surface area contributed by atoms with Crippen molar-refractivity contribution in [2.75, 3.05) is 24.5 Å². The second kappa shape index (κ2) is 7.98. The average molecular weight is 454 g/mol. The predicted molar refractivity (Wildman–Crippen MR) is 131 cm³/mol. The summed E-state index contributed by atoms with van der Waals surface area (Å²) in [6, 6.07) is 13.7. The van der Waals surface area contributed by atoms with Crippen LogP contribution in [0.1, 0.15) is 49.8 Å². The fourth-order valence-corrected chi connectivity index (χ4v) is 5.19. The number of pyridine rings is 2. The van der Waals surface area contributed by atoms with Crippen molar-refractivity contribution in [1.29, 1.82) is 5.26 Å². The van der Waals surface area contributed by atoms with Gasteiger partial charge in [-0.3, -0.25) is 9.59 Å². The number of fused-ring (bicyclic) bond motifs is 1. The zero-order valence-electron chi connectivity index (χ0n) is 19.3. The van der Waals surface area contributed by atoms with E-state index in [9.17, 15) is 14.9 Å². The van der Waals surface area contributed by atoms with Crippen molar-refractivity contribution in [3.8, 4) is 17.2 Å². The zero-order chi connectivity index (χ0) is 23.4. The largest absolute Gasteiger partial charge is 0.352 e. The maximum absolute atomic E-state index is 12.6. The Hall–Kier alpha value is -3.66. The van der Waals surface area contributed by atoms with Gasteiger partial charge in [0.05, 0.1) is 11.3 Å². The topological polar surface area (TPSA) is 93.1 Å². The Morgan fingerprint density at radius 3 is 2.65 bits per heavy atom. The number of anilines is 1. The van der Waals surface area contributed by atoms with Crippen LogP contribution >= 0.6 is 0 Å². The summed E-state index contributed by atoms with van der Waals surface area (Å²) in [6.45, 7) is 4.12. The predicted octanol–water partition coefficient (Wildman–Crippen LogP) is 3.79. The number of benzene rings is 1. The summed E-state index contributed by atoms with van der Waals surface area (Å²) in [5.74, 6) is 1.61. The van der Waals surface area contributed by atoms with Crippen LogP contribution in [-0.4, -0.2) is 46.5 Å². The van der Waals surface area contributed by atoms with E-state index in [0.717, 1.165) is 59.2 Å². The van der Waals surface area contributed by atoms with E-state index in [2.05, 4.69) is 22.9 Å². The Morgan fingerprint density at radius 1 is 1.12 bits per heavy atom. The van der Waals surface area contributed by atoms with Crippen molar-refractivity contribution < 1.29 is 4.79 Å². The van der Waals surface area contributed by atoms with Gasteiger partial charge in [-0.2, -0.15) is 5.26 Å². The first kappa shape index (κ1) is 20.9. The molecule has 34 heavy (non-hydrogen) atoms. The van der Waals surface area contributed by atoms with E-state index in [1.165, 1.54) is 0 Å². The second-order valence-corrected chi connectivity index (χ2v) is 9.87. The smallest absolute Gasteiger partial charge is 0.248 e. The molecule has 0 radical (unpaired) electrons. The van der Waals surface area contributed by atoms with Crippen LogP contribution in [0.4, 0.5) is 5.82 Å². The number of carbonyl (C=O) groups excluding carboxylic acids is 1. The van der Waals surface area contributed by atoms with Crippen LogP contribution in [0.3, 0.4) is 0 Å². The molecule has 7 heteroatoms. The lowest BCUT2D eigenvalue weighted by atomic mass is 9.95. The molecule has 6 rings (SSSR count). The van der Waals surface area contributed by atoms with Crippen LogP contribution in [0.15, 0.2) is 41.2 Å². The number of hydrogen-bond acceptors (Lipinski definition) is 5. The van der Waals surface area contributed by atoms with Gasteiger partial charge < -0.3 is 14.8 Å². The van der Waals surface area contributed by atoms with E-state index < -0.39 is 0 Å².